The maximum Gasteiger partial charge on any atom is 0.391 e. The molecule has 0 bridgehead atoms. The van der Waals surface area contributed by atoms with Gasteiger partial charge in [-0.1, -0.05) is 18.6 Å². The lowest BCUT2D eigenvalue weighted by Gasteiger charge is -2.31. The van der Waals surface area contributed by atoms with Crippen LogP contribution in [0.25, 0.3) is 0 Å². The second-order valence-corrected chi connectivity index (χ2v) is 8.57. The first-order chi connectivity index (χ1) is 12.6. The van der Waals surface area contributed by atoms with E-state index in [9.17, 15) is 26.0 Å². The van der Waals surface area contributed by atoms with E-state index in [1.165, 1.54) is 25.2 Å². The van der Waals surface area contributed by atoms with Crippen LogP contribution >= 0.6 is 0 Å². The van der Waals surface area contributed by atoms with Gasteiger partial charge in [0.25, 0.3) is 0 Å². The van der Waals surface area contributed by atoms with Crippen LogP contribution in [0, 0.1) is 11.7 Å². The number of hydrogen-bond donors (Lipinski definition) is 2. The Balaban J connectivity index is 1.88. The highest BCUT2D eigenvalue weighted by atomic mass is 32.2. The van der Waals surface area contributed by atoms with Crippen LogP contribution in [-0.2, 0) is 9.84 Å². The number of nitrogens with one attached hydrogen (secondary N) is 2. The summed E-state index contributed by atoms with van der Waals surface area (Å²) in [4.78, 5) is 3.54. The largest absolute Gasteiger partial charge is 0.391 e. The van der Waals surface area contributed by atoms with E-state index in [2.05, 4.69) is 15.6 Å². The summed E-state index contributed by atoms with van der Waals surface area (Å²) < 4.78 is 76.7. The lowest BCUT2D eigenvalue weighted by molar-refractivity contribution is -0.183. The first-order valence-corrected chi connectivity index (χ1v) is 10.3. The zero-order chi connectivity index (χ0) is 20.1. The second kappa shape index (κ2) is 8.90. The molecule has 1 saturated carbocycles. The molecule has 0 heterocycles. The number of halogens is 4. The van der Waals surface area contributed by atoms with Crippen LogP contribution in [0.4, 0.5) is 17.6 Å². The van der Waals surface area contributed by atoms with Crippen LogP contribution in [-0.4, -0.2) is 45.9 Å². The predicted octanol–water partition coefficient (Wildman–Crippen LogP) is 2.89. The second-order valence-electron chi connectivity index (χ2n) is 6.49. The molecule has 5 nitrogen and oxygen atoms in total. The molecular formula is C17H23F4N3O2S. The maximum absolute atomic E-state index is 13.7. The minimum Gasteiger partial charge on any atom is -0.355 e. The van der Waals surface area contributed by atoms with E-state index < -0.39 is 27.7 Å². The number of rotatable bonds is 5. The summed E-state index contributed by atoms with van der Waals surface area (Å²) in [5.74, 6) is -2.31. The monoisotopic (exact) mass is 409 g/mol. The van der Waals surface area contributed by atoms with E-state index in [-0.39, 0.29) is 42.0 Å². The van der Waals surface area contributed by atoms with E-state index >= 15 is 0 Å². The Bertz CT molecular complexity index is 766. The third-order valence-corrected chi connectivity index (χ3v) is 6.28. The Morgan fingerprint density at radius 1 is 1.26 bits per heavy atom. The zero-order valence-corrected chi connectivity index (χ0v) is 15.7. The van der Waals surface area contributed by atoms with Crippen molar-refractivity contribution in [3.8, 4) is 0 Å². The molecule has 152 valence electrons. The highest BCUT2D eigenvalue weighted by Gasteiger charge is 2.42. The van der Waals surface area contributed by atoms with Crippen LogP contribution in [0.2, 0.25) is 0 Å². The van der Waals surface area contributed by atoms with Gasteiger partial charge in [-0.2, -0.15) is 13.2 Å². The number of alkyl halides is 3. The quantitative estimate of drug-likeness (QED) is 0.446. The fourth-order valence-corrected chi connectivity index (χ4v) is 4.36. The van der Waals surface area contributed by atoms with Gasteiger partial charge in [0.05, 0.1) is 11.7 Å². The average molecular weight is 409 g/mol. The van der Waals surface area contributed by atoms with Crippen molar-refractivity contribution in [2.45, 2.75) is 42.8 Å². The Morgan fingerprint density at radius 3 is 2.59 bits per heavy atom. The fourth-order valence-electron chi connectivity index (χ4n) is 3.12. The molecule has 1 aliphatic carbocycles. The molecule has 0 saturated heterocycles. The smallest absolute Gasteiger partial charge is 0.355 e. The molecule has 0 aromatic heterocycles. The van der Waals surface area contributed by atoms with Crippen molar-refractivity contribution < 1.29 is 26.0 Å². The number of sulfone groups is 1. The summed E-state index contributed by atoms with van der Waals surface area (Å²) in [5, 5.41) is 5.69. The van der Waals surface area contributed by atoms with Crippen molar-refractivity contribution in [1.82, 2.24) is 10.6 Å². The molecule has 27 heavy (non-hydrogen) atoms. The van der Waals surface area contributed by atoms with Gasteiger partial charge in [0.1, 0.15) is 10.7 Å². The average Bonchev–Trinajstić information content (AvgIpc) is 2.60. The van der Waals surface area contributed by atoms with Crippen LogP contribution in [0.5, 0.6) is 0 Å². The van der Waals surface area contributed by atoms with E-state index in [0.29, 0.717) is 12.8 Å². The van der Waals surface area contributed by atoms with Crippen LogP contribution in [0.1, 0.15) is 25.7 Å². The highest BCUT2D eigenvalue weighted by molar-refractivity contribution is 7.91. The van der Waals surface area contributed by atoms with Gasteiger partial charge in [0.2, 0.25) is 0 Å². The normalized spacial score (nSPS) is 21.7. The number of hydrogen-bond acceptors (Lipinski definition) is 3. The lowest BCUT2D eigenvalue weighted by Crippen LogP contribution is -2.47. The van der Waals surface area contributed by atoms with Crippen LogP contribution in [0.15, 0.2) is 34.2 Å². The molecule has 2 unspecified atom stereocenters. The summed E-state index contributed by atoms with van der Waals surface area (Å²) in [7, 11) is -2.38. The first-order valence-electron chi connectivity index (χ1n) is 8.64. The minimum absolute atomic E-state index is 0.0439. The Kier molecular flexibility index (Phi) is 7.07. The topological polar surface area (TPSA) is 70.6 Å². The summed E-state index contributed by atoms with van der Waals surface area (Å²) >= 11 is 0. The molecule has 2 atom stereocenters. The molecule has 2 N–H and O–H groups in total. The fraction of sp³-hybridized carbons (Fsp3) is 0.588. The minimum atomic E-state index is -4.22. The van der Waals surface area contributed by atoms with Crippen molar-refractivity contribution >= 4 is 15.8 Å². The molecule has 2 rings (SSSR count). The van der Waals surface area contributed by atoms with E-state index in [4.69, 9.17) is 0 Å². The highest BCUT2D eigenvalue weighted by Crippen LogP contribution is 2.37. The van der Waals surface area contributed by atoms with Crippen LogP contribution < -0.4 is 10.6 Å². The van der Waals surface area contributed by atoms with Gasteiger partial charge in [-0.25, -0.2) is 12.8 Å². The van der Waals surface area contributed by atoms with E-state index in [1.807, 2.05) is 0 Å². The van der Waals surface area contributed by atoms with E-state index in [1.54, 1.807) is 0 Å². The summed E-state index contributed by atoms with van der Waals surface area (Å²) in [6, 6.07) is 4.71. The predicted molar refractivity (Wildman–Crippen MR) is 94.8 cm³/mol. The van der Waals surface area contributed by atoms with Gasteiger partial charge in [-0.3, -0.25) is 4.99 Å². The van der Waals surface area contributed by atoms with Gasteiger partial charge >= 0.3 is 6.18 Å². The van der Waals surface area contributed by atoms with Gasteiger partial charge in [0.15, 0.2) is 15.8 Å². The molecule has 1 aromatic rings. The summed E-state index contributed by atoms with van der Waals surface area (Å²) in [5.41, 5.74) is 0. The molecular weight excluding hydrogens is 386 g/mol. The molecule has 0 aliphatic heterocycles. The zero-order valence-electron chi connectivity index (χ0n) is 14.9. The number of guanidine groups is 1. The summed E-state index contributed by atoms with van der Waals surface area (Å²) in [6.07, 6.45) is -3.10. The Morgan fingerprint density at radius 2 is 1.96 bits per heavy atom. The van der Waals surface area contributed by atoms with Crippen LogP contribution in [0.3, 0.4) is 0 Å². The molecule has 1 aromatic carbocycles. The maximum atomic E-state index is 13.7. The SMILES string of the molecule is CN=C(NCCS(=O)(=O)c1ccccc1F)NC1CCCC(C(F)(F)F)C1. The van der Waals surface area contributed by atoms with Gasteiger partial charge in [0, 0.05) is 19.6 Å². The molecule has 1 fully saturated rings. The molecule has 1 aliphatic rings. The third kappa shape index (κ3) is 6.08. The third-order valence-electron chi connectivity index (χ3n) is 4.54. The first kappa shape index (κ1) is 21.5. The number of nitrogens with zero attached hydrogens (tertiary/aromatic N) is 1. The molecule has 10 heteroatoms. The van der Waals surface area contributed by atoms with Gasteiger partial charge in [-0.15, -0.1) is 0 Å². The van der Waals surface area contributed by atoms with Gasteiger partial charge < -0.3 is 10.6 Å². The van der Waals surface area contributed by atoms with Crippen molar-refractivity contribution in [2.75, 3.05) is 19.3 Å². The van der Waals surface area contributed by atoms with E-state index in [0.717, 1.165) is 6.07 Å². The molecule has 0 amide bonds. The number of aliphatic imine (C=N–C) groups is 1. The van der Waals surface area contributed by atoms with Crippen molar-refractivity contribution in [2.24, 2.45) is 10.9 Å². The Labute approximate surface area is 156 Å². The molecule has 0 radical (unpaired) electrons. The number of benzene rings is 1. The Hall–Kier alpha value is -1.84. The summed E-state index contributed by atoms with van der Waals surface area (Å²) in [6.45, 7) is -0.0498. The van der Waals surface area contributed by atoms with Crippen molar-refractivity contribution in [3.63, 3.8) is 0 Å². The van der Waals surface area contributed by atoms with Gasteiger partial charge in [-0.05, 0) is 31.4 Å². The standard InChI is InChI=1S/C17H23F4N3O2S/c1-22-16(24-13-6-4-5-12(11-13)17(19,20)21)23-9-10-27(25,26)15-8-3-2-7-14(15)18/h2-3,7-8,12-13H,4-6,9-11H2,1H3,(H2,22,23,24). The van der Waals surface area contributed by atoms with Crippen molar-refractivity contribution in [1.29, 1.82) is 0 Å². The van der Waals surface area contributed by atoms with Crippen molar-refractivity contribution in [3.05, 3.63) is 30.1 Å². The molecule has 0 spiro atoms. The lowest BCUT2D eigenvalue weighted by atomic mass is 9.85.